The fraction of sp³-hybridized carbons (Fsp3) is 0.533. The number of anilines is 1. The Labute approximate surface area is 115 Å². The summed E-state index contributed by atoms with van der Waals surface area (Å²) >= 11 is 0. The molecule has 1 rings (SSSR count). The minimum absolute atomic E-state index is 0.115. The van der Waals surface area contributed by atoms with Crippen molar-refractivity contribution in [1.82, 2.24) is 4.90 Å². The molecule has 0 fully saturated rings. The summed E-state index contributed by atoms with van der Waals surface area (Å²) in [5, 5.41) is 0. The lowest BCUT2D eigenvalue weighted by molar-refractivity contribution is -0.130. The molecule has 4 nitrogen and oxygen atoms in total. The molecule has 0 aliphatic carbocycles. The first-order valence-electron chi connectivity index (χ1n) is 6.75. The number of nitrogens with two attached hydrogens (primary N) is 1. The molecule has 0 aromatic heterocycles. The number of amides is 1. The van der Waals surface area contributed by atoms with E-state index in [0.717, 1.165) is 13.0 Å². The minimum atomic E-state index is 0.115. The largest absolute Gasteiger partial charge is 0.493 e. The third-order valence-electron chi connectivity index (χ3n) is 3.15. The quantitative estimate of drug-likeness (QED) is 0.770. The number of nitrogen functional groups attached to an aromatic ring is 1. The van der Waals surface area contributed by atoms with E-state index < -0.39 is 0 Å². The molecule has 0 radical (unpaired) electrons. The monoisotopic (exact) mass is 264 g/mol. The van der Waals surface area contributed by atoms with Crippen molar-refractivity contribution < 1.29 is 9.53 Å². The number of hydrogen-bond donors (Lipinski definition) is 1. The molecule has 0 spiro atoms. The van der Waals surface area contributed by atoms with Crippen LogP contribution in [0.15, 0.2) is 24.3 Å². The van der Waals surface area contributed by atoms with Gasteiger partial charge in [0, 0.05) is 25.3 Å². The molecule has 2 N–H and O–H groups in total. The molecular formula is C15H24N2O2. The van der Waals surface area contributed by atoms with Crippen LogP contribution in [0.5, 0.6) is 5.75 Å². The summed E-state index contributed by atoms with van der Waals surface area (Å²) in [6.07, 6.45) is 1.47. The van der Waals surface area contributed by atoms with Crippen LogP contribution in [0.3, 0.4) is 0 Å². The van der Waals surface area contributed by atoms with Crippen molar-refractivity contribution in [2.45, 2.75) is 26.7 Å². The molecule has 0 saturated carbocycles. The molecule has 0 heterocycles. The average molecular weight is 264 g/mol. The number of benzene rings is 1. The summed E-state index contributed by atoms with van der Waals surface area (Å²) in [6.45, 7) is 5.46. The van der Waals surface area contributed by atoms with Gasteiger partial charge in [-0.05, 0) is 18.1 Å². The van der Waals surface area contributed by atoms with Crippen LogP contribution in [-0.4, -0.2) is 31.0 Å². The van der Waals surface area contributed by atoms with Gasteiger partial charge in [0.25, 0.3) is 0 Å². The predicted molar refractivity (Wildman–Crippen MR) is 78.1 cm³/mol. The van der Waals surface area contributed by atoms with Gasteiger partial charge in [-0.3, -0.25) is 4.79 Å². The summed E-state index contributed by atoms with van der Waals surface area (Å²) in [4.78, 5) is 13.6. The third-order valence-corrected chi connectivity index (χ3v) is 3.15. The molecule has 1 atom stereocenters. The minimum Gasteiger partial charge on any atom is -0.493 e. The van der Waals surface area contributed by atoms with Gasteiger partial charge in [-0.15, -0.1) is 0 Å². The Bertz CT molecular complexity index is 407. The van der Waals surface area contributed by atoms with Gasteiger partial charge >= 0.3 is 0 Å². The zero-order chi connectivity index (χ0) is 14.3. The van der Waals surface area contributed by atoms with Gasteiger partial charge in [0.05, 0.1) is 13.0 Å². The zero-order valence-corrected chi connectivity index (χ0v) is 12.1. The highest BCUT2D eigenvalue weighted by Gasteiger charge is 2.11. The van der Waals surface area contributed by atoms with Gasteiger partial charge in [0.1, 0.15) is 5.75 Å². The molecule has 19 heavy (non-hydrogen) atoms. The van der Waals surface area contributed by atoms with Crippen LogP contribution in [0.4, 0.5) is 5.69 Å². The van der Waals surface area contributed by atoms with E-state index >= 15 is 0 Å². The first kappa shape index (κ1) is 15.3. The Hall–Kier alpha value is -1.71. The van der Waals surface area contributed by atoms with E-state index in [1.54, 1.807) is 17.0 Å². The number of carbonyl (C=O) groups is 1. The van der Waals surface area contributed by atoms with Crippen LogP contribution in [0.25, 0.3) is 0 Å². The highest BCUT2D eigenvalue weighted by Crippen LogP contribution is 2.14. The molecule has 0 aliphatic heterocycles. The standard InChI is InChI=1S/C15H24N2O2/c1-4-12(2)11-17(3)15(18)8-9-19-14-7-5-6-13(16)10-14/h5-7,10,12H,4,8-9,11,16H2,1-3H3. The molecule has 106 valence electrons. The highest BCUT2D eigenvalue weighted by atomic mass is 16.5. The van der Waals surface area contributed by atoms with Crippen LogP contribution in [0, 0.1) is 5.92 Å². The molecule has 0 aliphatic rings. The fourth-order valence-corrected chi connectivity index (χ4v) is 1.75. The third kappa shape index (κ3) is 5.64. The maximum Gasteiger partial charge on any atom is 0.225 e. The summed E-state index contributed by atoms with van der Waals surface area (Å²) in [7, 11) is 1.84. The van der Waals surface area contributed by atoms with Crippen molar-refractivity contribution in [3.8, 4) is 5.75 Å². The SMILES string of the molecule is CCC(C)CN(C)C(=O)CCOc1cccc(N)c1. The normalized spacial score (nSPS) is 11.9. The first-order chi connectivity index (χ1) is 9.02. The molecule has 0 bridgehead atoms. The maximum atomic E-state index is 11.9. The number of rotatable bonds is 7. The number of carbonyl (C=O) groups excluding carboxylic acids is 1. The molecule has 1 aromatic carbocycles. The van der Waals surface area contributed by atoms with E-state index in [0.29, 0.717) is 30.4 Å². The second-order valence-electron chi connectivity index (χ2n) is 4.96. The van der Waals surface area contributed by atoms with Crippen LogP contribution < -0.4 is 10.5 Å². The van der Waals surface area contributed by atoms with E-state index in [4.69, 9.17) is 10.5 Å². The van der Waals surface area contributed by atoms with Gasteiger partial charge in [0.2, 0.25) is 5.91 Å². The van der Waals surface area contributed by atoms with Gasteiger partial charge < -0.3 is 15.4 Å². The lowest BCUT2D eigenvalue weighted by Gasteiger charge is -2.20. The summed E-state index contributed by atoms with van der Waals surface area (Å²) < 4.78 is 5.51. The van der Waals surface area contributed by atoms with Gasteiger partial charge in [0.15, 0.2) is 0 Å². The molecular weight excluding hydrogens is 240 g/mol. The van der Waals surface area contributed by atoms with Crippen LogP contribution in [-0.2, 0) is 4.79 Å². The Kier molecular flexibility index (Phi) is 6.19. The Morgan fingerprint density at radius 1 is 1.47 bits per heavy atom. The molecule has 1 amide bonds. The van der Waals surface area contributed by atoms with Crippen molar-refractivity contribution >= 4 is 11.6 Å². The van der Waals surface area contributed by atoms with Gasteiger partial charge in [-0.1, -0.05) is 26.3 Å². The molecule has 4 heteroatoms. The van der Waals surface area contributed by atoms with Gasteiger partial charge in [-0.2, -0.15) is 0 Å². The van der Waals surface area contributed by atoms with E-state index in [1.165, 1.54) is 0 Å². The highest BCUT2D eigenvalue weighted by molar-refractivity contribution is 5.76. The first-order valence-corrected chi connectivity index (χ1v) is 6.75. The van der Waals surface area contributed by atoms with Gasteiger partial charge in [-0.25, -0.2) is 0 Å². The van der Waals surface area contributed by atoms with Crippen molar-refractivity contribution in [2.75, 3.05) is 25.9 Å². The second kappa shape index (κ2) is 7.67. The number of hydrogen-bond acceptors (Lipinski definition) is 3. The molecule has 1 aromatic rings. The number of ether oxygens (including phenoxy) is 1. The van der Waals surface area contributed by atoms with Crippen molar-refractivity contribution in [3.63, 3.8) is 0 Å². The molecule has 0 saturated heterocycles. The summed E-state index contributed by atoms with van der Waals surface area (Å²) in [5.41, 5.74) is 6.32. The second-order valence-corrected chi connectivity index (χ2v) is 4.96. The summed E-state index contributed by atoms with van der Waals surface area (Å²) in [5.74, 6) is 1.35. The van der Waals surface area contributed by atoms with Crippen molar-refractivity contribution in [1.29, 1.82) is 0 Å². The van der Waals surface area contributed by atoms with Crippen LogP contribution in [0.1, 0.15) is 26.7 Å². The zero-order valence-electron chi connectivity index (χ0n) is 12.1. The topological polar surface area (TPSA) is 55.6 Å². The van der Waals surface area contributed by atoms with Crippen molar-refractivity contribution in [2.24, 2.45) is 5.92 Å². The van der Waals surface area contributed by atoms with E-state index in [1.807, 2.05) is 19.2 Å². The maximum absolute atomic E-state index is 11.9. The lowest BCUT2D eigenvalue weighted by Crippen LogP contribution is -2.31. The van der Waals surface area contributed by atoms with E-state index in [2.05, 4.69) is 13.8 Å². The Morgan fingerprint density at radius 3 is 2.84 bits per heavy atom. The summed E-state index contributed by atoms with van der Waals surface area (Å²) in [6, 6.07) is 7.23. The smallest absolute Gasteiger partial charge is 0.225 e. The van der Waals surface area contributed by atoms with E-state index in [9.17, 15) is 4.79 Å². The number of nitrogens with zero attached hydrogens (tertiary/aromatic N) is 1. The Balaban J connectivity index is 2.30. The predicted octanol–water partition coefficient (Wildman–Crippen LogP) is 2.54. The van der Waals surface area contributed by atoms with Crippen LogP contribution >= 0.6 is 0 Å². The van der Waals surface area contributed by atoms with Crippen molar-refractivity contribution in [3.05, 3.63) is 24.3 Å². The van der Waals surface area contributed by atoms with Crippen LogP contribution in [0.2, 0.25) is 0 Å². The Morgan fingerprint density at radius 2 is 2.21 bits per heavy atom. The molecule has 1 unspecified atom stereocenters. The lowest BCUT2D eigenvalue weighted by atomic mass is 10.1. The average Bonchev–Trinajstić information content (AvgIpc) is 2.38. The van der Waals surface area contributed by atoms with E-state index in [-0.39, 0.29) is 5.91 Å². The fourth-order valence-electron chi connectivity index (χ4n) is 1.75.